The molecule has 168 valence electrons. The molecule has 0 radical (unpaired) electrons. The molecule has 0 spiro atoms. The molecule has 0 bridgehead atoms. The lowest BCUT2D eigenvalue weighted by atomic mass is 10.2. The van der Waals surface area contributed by atoms with E-state index in [1.54, 1.807) is 18.0 Å². The van der Waals surface area contributed by atoms with Crippen LogP contribution in [0.2, 0.25) is 0 Å². The van der Waals surface area contributed by atoms with Gasteiger partial charge < -0.3 is 14.5 Å². The van der Waals surface area contributed by atoms with Gasteiger partial charge in [0.2, 0.25) is 0 Å². The van der Waals surface area contributed by atoms with E-state index < -0.39 is 23.6 Å². The van der Waals surface area contributed by atoms with Gasteiger partial charge in [0, 0.05) is 16.8 Å². The van der Waals surface area contributed by atoms with E-state index in [9.17, 15) is 17.4 Å². The van der Waals surface area contributed by atoms with Crippen molar-refractivity contribution in [3.63, 3.8) is 0 Å². The Morgan fingerprint density at radius 2 is 1.90 bits per heavy atom. The minimum absolute atomic E-state index is 0.101. The van der Waals surface area contributed by atoms with Crippen LogP contribution in [0.4, 0.5) is 13.2 Å². The van der Waals surface area contributed by atoms with Crippen molar-refractivity contribution in [2.75, 3.05) is 32.2 Å². The smallest absolute Gasteiger partial charge is 0.378 e. The number of benzene rings is 1. The highest BCUT2D eigenvalue weighted by Crippen LogP contribution is 2.25. The Bertz CT molecular complexity index is 995. The van der Waals surface area contributed by atoms with Crippen molar-refractivity contribution in [2.45, 2.75) is 28.9 Å². The maximum atomic E-state index is 12.8. The first-order chi connectivity index (χ1) is 14.8. The Kier molecular flexibility index (Phi) is 8.47. The summed E-state index contributed by atoms with van der Waals surface area (Å²) < 4.78 is 58.5. The molecule has 3 rings (SSSR count). The zero-order valence-electron chi connectivity index (χ0n) is 16.8. The minimum Gasteiger partial charge on any atom is -0.378 e. The molecule has 0 amide bonds. The predicted molar refractivity (Wildman–Crippen MR) is 114 cm³/mol. The molecule has 0 fully saturated rings. The van der Waals surface area contributed by atoms with Crippen molar-refractivity contribution in [3.8, 4) is 0 Å². The SMILES string of the molecule is Cc1c(SCCOCCOCC(F)(F)F)ccnc1CS(=O)c1nc2ccccc2[nH]1. The van der Waals surface area contributed by atoms with Gasteiger partial charge in [-0.05, 0) is 30.7 Å². The van der Waals surface area contributed by atoms with E-state index in [-0.39, 0.29) is 19.0 Å². The Labute approximate surface area is 184 Å². The van der Waals surface area contributed by atoms with E-state index in [0.29, 0.717) is 17.5 Å². The van der Waals surface area contributed by atoms with E-state index in [1.807, 2.05) is 37.3 Å². The van der Waals surface area contributed by atoms with E-state index in [2.05, 4.69) is 19.7 Å². The van der Waals surface area contributed by atoms with Gasteiger partial charge in [0.05, 0.1) is 53.1 Å². The summed E-state index contributed by atoms with van der Waals surface area (Å²) in [7, 11) is -1.36. The summed E-state index contributed by atoms with van der Waals surface area (Å²) in [6, 6.07) is 9.38. The van der Waals surface area contributed by atoms with Gasteiger partial charge in [-0.15, -0.1) is 11.8 Å². The molecule has 1 aromatic carbocycles. The van der Waals surface area contributed by atoms with Crippen LogP contribution in [0.15, 0.2) is 46.6 Å². The molecular weight excluding hydrogens is 451 g/mol. The Balaban J connectivity index is 1.46. The van der Waals surface area contributed by atoms with Gasteiger partial charge in [0.25, 0.3) is 0 Å². The van der Waals surface area contributed by atoms with Gasteiger partial charge in [0.1, 0.15) is 6.61 Å². The summed E-state index contributed by atoms with van der Waals surface area (Å²) in [6.07, 6.45) is -2.65. The first-order valence-electron chi connectivity index (χ1n) is 9.46. The molecule has 1 atom stereocenters. The number of nitrogens with one attached hydrogen (secondary N) is 1. The largest absolute Gasteiger partial charge is 0.411 e. The molecule has 11 heteroatoms. The zero-order valence-corrected chi connectivity index (χ0v) is 18.4. The number of aromatic nitrogens is 3. The fourth-order valence-corrected chi connectivity index (χ4v) is 4.72. The molecule has 3 aromatic rings. The number of thioether (sulfide) groups is 1. The summed E-state index contributed by atoms with van der Waals surface area (Å²) in [5.41, 5.74) is 3.27. The lowest BCUT2D eigenvalue weighted by Gasteiger charge is -2.10. The van der Waals surface area contributed by atoms with Gasteiger partial charge in [0.15, 0.2) is 5.16 Å². The number of alkyl halides is 3. The number of ether oxygens (including phenoxy) is 2. The second kappa shape index (κ2) is 11.1. The van der Waals surface area contributed by atoms with Crippen molar-refractivity contribution in [2.24, 2.45) is 0 Å². The minimum atomic E-state index is -4.32. The second-order valence-electron chi connectivity index (χ2n) is 6.56. The average Bonchev–Trinajstić information content (AvgIpc) is 3.16. The highest BCUT2D eigenvalue weighted by atomic mass is 32.2. The summed E-state index contributed by atoms with van der Waals surface area (Å²) in [5.74, 6) is 0.864. The Morgan fingerprint density at radius 3 is 2.68 bits per heavy atom. The fraction of sp³-hybridized carbons (Fsp3) is 0.400. The summed E-state index contributed by atoms with van der Waals surface area (Å²) in [4.78, 5) is 12.8. The van der Waals surface area contributed by atoms with Crippen LogP contribution in [-0.2, 0) is 26.0 Å². The number of pyridine rings is 1. The first-order valence-corrected chi connectivity index (χ1v) is 11.8. The van der Waals surface area contributed by atoms with Crippen molar-refractivity contribution in [1.29, 1.82) is 0 Å². The molecule has 0 aliphatic heterocycles. The number of halogens is 3. The average molecular weight is 474 g/mol. The fourth-order valence-electron chi connectivity index (χ4n) is 2.71. The number of fused-ring (bicyclic) bond motifs is 1. The van der Waals surface area contributed by atoms with Crippen LogP contribution in [0.5, 0.6) is 0 Å². The summed E-state index contributed by atoms with van der Waals surface area (Å²) >= 11 is 1.55. The number of rotatable bonds is 11. The molecule has 1 unspecified atom stereocenters. The van der Waals surface area contributed by atoms with Gasteiger partial charge in [-0.3, -0.25) is 9.19 Å². The van der Waals surface area contributed by atoms with Crippen molar-refractivity contribution in [1.82, 2.24) is 15.0 Å². The monoisotopic (exact) mass is 473 g/mol. The van der Waals surface area contributed by atoms with Crippen LogP contribution < -0.4 is 0 Å². The van der Waals surface area contributed by atoms with Crippen molar-refractivity contribution in [3.05, 3.63) is 47.8 Å². The predicted octanol–water partition coefficient (Wildman–Crippen LogP) is 4.26. The number of hydrogen-bond donors (Lipinski definition) is 1. The number of H-pyrrole nitrogens is 1. The van der Waals surface area contributed by atoms with Crippen LogP contribution in [0.25, 0.3) is 11.0 Å². The molecule has 31 heavy (non-hydrogen) atoms. The highest BCUT2D eigenvalue weighted by molar-refractivity contribution is 7.99. The molecule has 2 aromatic heterocycles. The molecular formula is C20H22F3N3O3S2. The second-order valence-corrected chi connectivity index (χ2v) is 9.06. The van der Waals surface area contributed by atoms with E-state index >= 15 is 0 Å². The van der Waals surface area contributed by atoms with Crippen LogP contribution in [0.3, 0.4) is 0 Å². The molecule has 0 saturated carbocycles. The van der Waals surface area contributed by atoms with Crippen LogP contribution in [-0.4, -0.2) is 57.5 Å². The molecule has 2 heterocycles. The third-order valence-corrected chi connectivity index (χ3v) is 6.52. The van der Waals surface area contributed by atoms with Gasteiger partial charge in [-0.2, -0.15) is 13.2 Å². The number of nitrogens with zero attached hydrogens (tertiary/aromatic N) is 2. The number of aromatic amines is 1. The van der Waals surface area contributed by atoms with E-state index in [0.717, 1.165) is 27.2 Å². The molecule has 0 aliphatic rings. The third kappa shape index (κ3) is 7.30. The first kappa shape index (κ1) is 23.7. The van der Waals surface area contributed by atoms with Crippen LogP contribution >= 0.6 is 11.8 Å². The van der Waals surface area contributed by atoms with Crippen molar-refractivity contribution < 1.29 is 26.9 Å². The number of imidazole rings is 1. The summed E-state index contributed by atoms with van der Waals surface area (Å²) in [6.45, 7) is 1.04. The summed E-state index contributed by atoms with van der Waals surface area (Å²) in [5, 5.41) is 0.418. The maximum absolute atomic E-state index is 12.8. The Morgan fingerprint density at radius 1 is 1.13 bits per heavy atom. The molecule has 6 nitrogen and oxygen atoms in total. The number of para-hydroxylation sites is 2. The van der Waals surface area contributed by atoms with Gasteiger partial charge in [-0.25, -0.2) is 4.98 Å². The van der Waals surface area contributed by atoms with E-state index in [4.69, 9.17) is 4.74 Å². The number of hydrogen-bond acceptors (Lipinski definition) is 6. The van der Waals surface area contributed by atoms with Crippen molar-refractivity contribution >= 4 is 33.6 Å². The highest BCUT2D eigenvalue weighted by Gasteiger charge is 2.27. The lowest BCUT2D eigenvalue weighted by molar-refractivity contribution is -0.176. The van der Waals surface area contributed by atoms with Gasteiger partial charge in [-0.1, -0.05) is 12.1 Å². The lowest BCUT2D eigenvalue weighted by Crippen LogP contribution is -2.19. The normalized spacial score (nSPS) is 13.0. The van der Waals surface area contributed by atoms with Crippen LogP contribution in [0.1, 0.15) is 11.3 Å². The van der Waals surface area contributed by atoms with E-state index in [1.165, 1.54) is 0 Å². The quantitative estimate of drug-likeness (QED) is 0.331. The molecule has 1 N–H and O–H groups in total. The Hall–Kier alpha value is -1.95. The molecule has 0 aliphatic carbocycles. The van der Waals surface area contributed by atoms with Crippen LogP contribution in [0, 0.1) is 6.92 Å². The third-order valence-electron chi connectivity index (χ3n) is 4.23. The standard InChI is InChI=1S/C20H22F3N3O3S2/c1-14-17(12-31(27)19-25-15-4-2-3-5-16(15)26-19)24-7-6-18(14)30-11-10-28-8-9-29-13-20(21,22)23/h2-7H,8-13H2,1H3,(H,25,26). The molecule has 0 saturated heterocycles. The van der Waals surface area contributed by atoms with Gasteiger partial charge >= 0.3 is 6.18 Å². The maximum Gasteiger partial charge on any atom is 0.411 e. The zero-order chi connectivity index (χ0) is 22.3. The topological polar surface area (TPSA) is 77.1 Å².